The number of halogens is 3. The highest BCUT2D eigenvalue weighted by molar-refractivity contribution is 7.14. The molecule has 0 aliphatic rings. The number of hydrogen-bond donors (Lipinski definition) is 0. The summed E-state index contributed by atoms with van der Waals surface area (Å²) in [6.45, 7) is 5.53. The van der Waals surface area contributed by atoms with Gasteiger partial charge in [-0.05, 0) is 43.2 Å². The summed E-state index contributed by atoms with van der Waals surface area (Å²) in [4.78, 5) is 18.4. The van der Waals surface area contributed by atoms with Crippen LogP contribution in [-0.2, 0) is 11.4 Å². The minimum atomic E-state index is -0.176. The van der Waals surface area contributed by atoms with Crippen molar-refractivity contribution in [3.63, 3.8) is 0 Å². The molecule has 3 rings (SSSR count). The Labute approximate surface area is 182 Å². The molecular weight excluding hydrogens is 439 g/mol. The van der Waals surface area contributed by atoms with Crippen LogP contribution in [0.15, 0.2) is 35.7 Å². The van der Waals surface area contributed by atoms with Crippen LogP contribution in [0.25, 0.3) is 0 Å². The Balaban J connectivity index is 1.88. The average molecular weight is 456 g/mol. The first-order chi connectivity index (χ1) is 13.3. The van der Waals surface area contributed by atoms with Crippen LogP contribution in [0.3, 0.4) is 0 Å². The summed E-state index contributed by atoms with van der Waals surface area (Å²) in [6.07, 6.45) is 0. The fraction of sp³-hybridized carbons (Fsp3) is 0.200. The number of para-hydroxylation sites is 1. The molecule has 0 N–H and O–H groups in total. The lowest BCUT2D eigenvalue weighted by atomic mass is 10.1. The second-order valence-electron chi connectivity index (χ2n) is 6.23. The quantitative estimate of drug-likeness (QED) is 0.416. The standard InChI is InChI=1S/C20H17Cl3N2O2S/c1-11-7-12(2)18(17(23)8-11)25(13(3)26)20-24-14(10-28-20)9-27-19-15(21)5-4-6-16(19)22/h4-8,10H,9H2,1-3H3. The number of carbonyl (C=O) groups is 1. The van der Waals surface area contributed by atoms with Gasteiger partial charge in [-0.2, -0.15) is 0 Å². The maximum Gasteiger partial charge on any atom is 0.230 e. The lowest BCUT2D eigenvalue weighted by Gasteiger charge is -2.22. The largest absolute Gasteiger partial charge is 0.484 e. The third-order valence-electron chi connectivity index (χ3n) is 3.95. The van der Waals surface area contributed by atoms with E-state index in [4.69, 9.17) is 39.5 Å². The van der Waals surface area contributed by atoms with Crippen molar-refractivity contribution in [2.24, 2.45) is 0 Å². The number of rotatable bonds is 5. The third kappa shape index (κ3) is 4.44. The van der Waals surface area contributed by atoms with E-state index in [0.29, 0.717) is 37.3 Å². The van der Waals surface area contributed by atoms with Gasteiger partial charge in [-0.1, -0.05) is 46.9 Å². The number of benzene rings is 2. The SMILES string of the molecule is CC(=O)N(c1nc(COc2c(Cl)cccc2Cl)cs1)c1c(C)cc(C)cc1Cl. The fourth-order valence-electron chi connectivity index (χ4n) is 2.81. The normalized spacial score (nSPS) is 10.8. The first-order valence-corrected chi connectivity index (χ1v) is 10.4. The Morgan fingerprint density at radius 3 is 2.43 bits per heavy atom. The number of ether oxygens (including phenoxy) is 1. The molecule has 2 aromatic carbocycles. The zero-order chi connectivity index (χ0) is 20.4. The van der Waals surface area contributed by atoms with E-state index >= 15 is 0 Å². The van der Waals surface area contributed by atoms with Crippen LogP contribution in [0.1, 0.15) is 23.7 Å². The number of carbonyl (C=O) groups excluding carboxylic acids is 1. The maximum atomic E-state index is 12.4. The highest BCUT2D eigenvalue weighted by Crippen LogP contribution is 2.38. The summed E-state index contributed by atoms with van der Waals surface area (Å²) in [7, 11) is 0. The predicted molar refractivity (Wildman–Crippen MR) is 117 cm³/mol. The maximum absolute atomic E-state index is 12.4. The van der Waals surface area contributed by atoms with E-state index in [2.05, 4.69) is 4.98 Å². The molecule has 3 aromatic rings. The summed E-state index contributed by atoms with van der Waals surface area (Å²) < 4.78 is 5.73. The van der Waals surface area contributed by atoms with Crippen molar-refractivity contribution < 1.29 is 9.53 Å². The van der Waals surface area contributed by atoms with Gasteiger partial charge in [-0.15, -0.1) is 11.3 Å². The van der Waals surface area contributed by atoms with Gasteiger partial charge in [0.2, 0.25) is 5.91 Å². The number of anilines is 2. The van der Waals surface area contributed by atoms with Gasteiger partial charge in [-0.3, -0.25) is 9.69 Å². The van der Waals surface area contributed by atoms with Crippen molar-refractivity contribution in [2.45, 2.75) is 27.4 Å². The van der Waals surface area contributed by atoms with Crippen LogP contribution in [0.4, 0.5) is 10.8 Å². The van der Waals surface area contributed by atoms with Gasteiger partial charge in [0.25, 0.3) is 0 Å². The summed E-state index contributed by atoms with van der Waals surface area (Å²) in [5, 5.41) is 3.70. The van der Waals surface area contributed by atoms with Crippen LogP contribution >= 0.6 is 46.1 Å². The van der Waals surface area contributed by atoms with Gasteiger partial charge >= 0.3 is 0 Å². The Morgan fingerprint density at radius 1 is 1.14 bits per heavy atom. The number of hydrogen-bond acceptors (Lipinski definition) is 4. The van der Waals surface area contributed by atoms with Crippen molar-refractivity contribution in [3.8, 4) is 5.75 Å². The minimum Gasteiger partial charge on any atom is -0.484 e. The molecule has 8 heteroatoms. The highest BCUT2D eigenvalue weighted by atomic mass is 35.5. The Bertz CT molecular complexity index is 993. The van der Waals surface area contributed by atoms with Crippen LogP contribution in [0.5, 0.6) is 5.75 Å². The first-order valence-electron chi connectivity index (χ1n) is 8.36. The van der Waals surface area contributed by atoms with E-state index in [9.17, 15) is 4.79 Å². The molecule has 0 saturated carbocycles. The van der Waals surface area contributed by atoms with E-state index in [-0.39, 0.29) is 12.5 Å². The van der Waals surface area contributed by atoms with Gasteiger partial charge in [0.05, 0.1) is 26.4 Å². The summed E-state index contributed by atoms with van der Waals surface area (Å²) in [6, 6.07) is 8.96. The molecular formula is C20H17Cl3N2O2S. The van der Waals surface area contributed by atoms with Gasteiger partial charge in [0.1, 0.15) is 6.61 Å². The molecule has 28 heavy (non-hydrogen) atoms. The van der Waals surface area contributed by atoms with Crippen molar-refractivity contribution in [2.75, 3.05) is 4.90 Å². The number of thiazole rings is 1. The molecule has 0 aliphatic heterocycles. The number of aryl methyl sites for hydroxylation is 2. The van der Waals surface area contributed by atoms with Crippen molar-refractivity contribution in [1.29, 1.82) is 0 Å². The van der Waals surface area contributed by atoms with Gasteiger partial charge in [0, 0.05) is 12.3 Å². The molecule has 0 atom stereocenters. The topological polar surface area (TPSA) is 42.4 Å². The van der Waals surface area contributed by atoms with E-state index in [1.54, 1.807) is 18.2 Å². The number of amides is 1. The summed E-state index contributed by atoms with van der Waals surface area (Å²) in [5.41, 5.74) is 3.22. The Morgan fingerprint density at radius 2 is 1.82 bits per heavy atom. The van der Waals surface area contributed by atoms with E-state index in [0.717, 1.165) is 11.1 Å². The Kier molecular flexibility index (Phi) is 6.50. The monoisotopic (exact) mass is 454 g/mol. The van der Waals surface area contributed by atoms with Crippen LogP contribution in [0.2, 0.25) is 15.1 Å². The molecule has 0 radical (unpaired) electrons. The molecule has 1 heterocycles. The summed E-state index contributed by atoms with van der Waals surface area (Å²) in [5.74, 6) is 0.228. The first kappa shape index (κ1) is 20.9. The lowest BCUT2D eigenvalue weighted by molar-refractivity contribution is -0.115. The molecule has 0 aliphatic carbocycles. The van der Waals surface area contributed by atoms with Gasteiger partial charge in [-0.25, -0.2) is 4.98 Å². The Hall–Kier alpha value is -1.79. The third-order valence-corrected chi connectivity index (χ3v) is 5.71. The lowest BCUT2D eigenvalue weighted by Crippen LogP contribution is -2.24. The molecule has 0 saturated heterocycles. The smallest absolute Gasteiger partial charge is 0.230 e. The van der Waals surface area contributed by atoms with Crippen LogP contribution in [-0.4, -0.2) is 10.9 Å². The number of aromatic nitrogens is 1. The van der Waals surface area contributed by atoms with Crippen LogP contribution < -0.4 is 9.64 Å². The summed E-state index contributed by atoms with van der Waals surface area (Å²) >= 11 is 20.0. The van der Waals surface area contributed by atoms with Crippen molar-refractivity contribution >= 4 is 62.9 Å². The molecule has 1 amide bonds. The zero-order valence-electron chi connectivity index (χ0n) is 15.4. The average Bonchev–Trinajstić information content (AvgIpc) is 3.05. The molecule has 0 bridgehead atoms. The zero-order valence-corrected chi connectivity index (χ0v) is 18.5. The second kappa shape index (κ2) is 8.70. The van der Waals surface area contributed by atoms with Gasteiger partial charge < -0.3 is 4.74 Å². The molecule has 0 fully saturated rings. The fourth-order valence-corrected chi connectivity index (χ4v) is 4.58. The van der Waals surface area contributed by atoms with Crippen LogP contribution in [0, 0.1) is 13.8 Å². The van der Waals surface area contributed by atoms with E-state index in [1.165, 1.54) is 23.2 Å². The molecule has 0 unspecified atom stereocenters. The predicted octanol–water partition coefficient (Wildman–Crippen LogP) is 6.98. The minimum absolute atomic E-state index is 0.173. The van der Waals surface area contributed by atoms with Crippen molar-refractivity contribution in [1.82, 2.24) is 4.98 Å². The highest BCUT2D eigenvalue weighted by Gasteiger charge is 2.23. The number of nitrogens with zero attached hydrogens (tertiary/aromatic N) is 2. The molecule has 146 valence electrons. The van der Waals surface area contributed by atoms with Crippen molar-refractivity contribution in [3.05, 3.63) is 67.6 Å². The molecule has 0 spiro atoms. The molecule has 1 aromatic heterocycles. The van der Waals surface area contributed by atoms with Gasteiger partial charge in [0.15, 0.2) is 10.9 Å². The van der Waals surface area contributed by atoms with E-state index < -0.39 is 0 Å². The second-order valence-corrected chi connectivity index (χ2v) is 8.29. The molecule has 4 nitrogen and oxygen atoms in total. The van der Waals surface area contributed by atoms with E-state index in [1.807, 2.05) is 31.4 Å².